The summed E-state index contributed by atoms with van der Waals surface area (Å²) >= 11 is 1.07. The average molecular weight is 374 g/mol. The van der Waals surface area contributed by atoms with Gasteiger partial charge in [-0.15, -0.1) is 10.2 Å². The van der Waals surface area contributed by atoms with Crippen molar-refractivity contribution in [3.8, 4) is 0 Å². The molecular formula is C15H16F2N2O3S2. The molecule has 24 heavy (non-hydrogen) atoms. The molecule has 0 bridgehead atoms. The number of benzene rings is 1. The van der Waals surface area contributed by atoms with Crippen molar-refractivity contribution in [1.82, 2.24) is 10.2 Å². The van der Waals surface area contributed by atoms with Crippen molar-refractivity contribution in [1.29, 1.82) is 0 Å². The number of thioether (sulfide) groups is 1. The summed E-state index contributed by atoms with van der Waals surface area (Å²) < 4.78 is 56.0. The van der Waals surface area contributed by atoms with Gasteiger partial charge in [-0.1, -0.05) is 17.8 Å². The second-order valence-electron chi connectivity index (χ2n) is 5.83. The highest BCUT2D eigenvalue weighted by atomic mass is 32.2. The molecule has 0 N–H and O–H groups in total. The van der Waals surface area contributed by atoms with Crippen molar-refractivity contribution in [2.45, 2.75) is 30.2 Å². The van der Waals surface area contributed by atoms with Crippen LogP contribution in [-0.2, 0) is 16.3 Å². The van der Waals surface area contributed by atoms with Gasteiger partial charge in [-0.2, -0.15) is 0 Å². The maximum atomic E-state index is 13.8. The molecule has 1 fully saturated rings. The molecule has 0 amide bonds. The highest BCUT2D eigenvalue weighted by Gasteiger charge is 2.29. The van der Waals surface area contributed by atoms with Gasteiger partial charge in [-0.05, 0) is 31.4 Å². The molecule has 1 aliphatic heterocycles. The van der Waals surface area contributed by atoms with Gasteiger partial charge in [0.05, 0.1) is 11.5 Å². The topological polar surface area (TPSA) is 73.1 Å². The third kappa shape index (κ3) is 3.94. The lowest BCUT2D eigenvalue weighted by atomic mass is 10.1. The first-order valence-electron chi connectivity index (χ1n) is 7.47. The molecule has 2 heterocycles. The van der Waals surface area contributed by atoms with Crippen LogP contribution in [0.3, 0.4) is 0 Å². The Labute approximate surface area is 142 Å². The lowest BCUT2D eigenvalue weighted by Gasteiger charge is -2.10. The van der Waals surface area contributed by atoms with E-state index in [0.717, 1.165) is 11.8 Å². The molecule has 2 unspecified atom stereocenters. The monoisotopic (exact) mass is 374 g/mol. The molecule has 1 aromatic heterocycles. The van der Waals surface area contributed by atoms with E-state index in [9.17, 15) is 17.2 Å². The van der Waals surface area contributed by atoms with Crippen LogP contribution < -0.4 is 0 Å². The summed E-state index contributed by atoms with van der Waals surface area (Å²) in [4.78, 5) is 0. The van der Waals surface area contributed by atoms with Crippen LogP contribution in [0.2, 0.25) is 0 Å². The van der Waals surface area contributed by atoms with Gasteiger partial charge < -0.3 is 4.42 Å². The largest absolute Gasteiger partial charge is 0.416 e. The third-order valence-electron chi connectivity index (χ3n) is 3.92. The zero-order valence-corrected chi connectivity index (χ0v) is 14.5. The molecule has 1 saturated heterocycles. The van der Waals surface area contributed by atoms with Gasteiger partial charge >= 0.3 is 0 Å². The number of nitrogens with zero attached hydrogens (tertiary/aromatic N) is 2. The Morgan fingerprint density at radius 3 is 2.67 bits per heavy atom. The number of halogens is 2. The smallest absolute Gasteiger partial charge is 0.277 e. The highest BCUT2D eigenvalue weighted by molar-refractivity contribution is 7.99. The summed E-state index contributed by atoms with van der Waals surface area (Å²) in [6.07, 6.45) is 0.985. The van der Waals surface area contributed by atoms with Crippen LogP contribution in [0.15, 0.2) is 27.8 Å². The first-order valence-corrected chi connectivity index (χ1v) is 10.2. The van der Waals surface area contributed by atoms with Gasteiger partial charge in [0, 0.05) is 17.2 Å². The fourth-order valence-corrected chi connectivity index (χ4v) is 5.50. The number of hydrogen-bond acceptors (Lipinski definition) is 6. The second-order valence-corrected chi connectivity index (χ2v) is 9.35. The SMILES string of the molecule is CC(Sc1nnc(CC2CCS(=O)(=O)C2)o1)c1c(F)cccc1F. The quantitative estimate of drug-likeness (QED) is 0.749. The molecule has 130 valence electrons. The zero-order chi connectivity index (χ0) is 17.3. The molecule has 2 atom stereocenters. The molecular weight excluding hydrogens is 358 g/mol. The Bertz CT molecular complexity index is 819. The van der Waals surface area contributed by atoms with Crippen molar-refractivity contribution in [3.05, 3.63) is 41.3 Å². The molecule has 0 aliphatic carbocycles. The number of rotatable bonds is 5. The minimum atomic E-state index is -2.95. The van der Waals surface area contributed by atoms with E-state index in [-0.39, 0.29) is 28.2 Å². The Kier molecular flexibility index (Phi) is 4.91. The molecule has 1 aliphatic rings. The molecule has 0 saturated carbocycles. The van der Waals surface area contributed by atoms with E-state index in [0.29, 0.717) is 18.7 Å². The predicted octanol–water partition coefficient (Wildman–Crippen LogP) is 3.18. The first-order chi connectivity index (χ1) is 11.3. The van der Waals surface area contributed by atoms with Crippen molar-refractivity contribution < 1.29 is 21.6 Å². The van der Waals surface area contributed by atoms with Gasteiger partial charge in [0.1, 0.15) is 11.6 Å². The second kappa shape index (κ2) is 6.79. The van der Waals surface area contributed by atoms with Crippen molar-refractivity contribution >= 4 is 21.6 Å². The van der Waals surface area contributed by atoms with Crippen molar-refractivity contribution in [3.63, 3.8) is 0 Å². The molecule has 0 radical (unpaired) electrons. The normalized spacial score (nSPS) is 21.0. The Hall–Kier alpha value is -1.48. The molecule has 9 heteroatoms. The summed E-state index contributed by atoms with van der Waals surface area (Å²) in [7, 11) is -2.95. The van der Waals surface area contributed by atoms with Gasteiger partial charge in [-0.3, -0.25) is 0 Å². The standard InChI is InChI=1S/C15H16F2N2O3S2/c1-9(14-11(16)3-2-4-12(14)17)23-15-19-18-13(22-15)7-10-5-6-24(20,21)8-10/h2-4,9-10H,5-8H2,1H3. The lowest BCUT2D eigenvalue weighted by molar-refractivity contribution is 0.388. The van der Waals surface area contributed by atoms with Gasteiger partial charge in [0.2, 0.25) is 5.89 Å². The zero-order valence-electron chi connectivity index (χ0n) is 12.9. The first kappa shape index (κ1) is 17.3. The van der Waals surface area contributed by atoms with Gasteiger partial charge in [0.15, 0.2) is 9.84 Å². The van der Waals surface area contributed by atoms with E-state index >= 15 is 0 Å². The molecule has 0 spiro atoms. The van der Waals surface area contributed by atoms with E-state index < -0.39 is 26.7 Å². The summed E-state index contributed by atoms with van der Waals surface area (Å²) in [6.45, 7) is 1.65. The van der Waals surface area contributed by atoms with E-state index in [4.69, 9.17) is 4.42 Å². The Morgan fingerprint density at radius 1 is 1.33 bits per heavy atom. The average Bonchev–Trinajstić information content (AvgIpc) is 3.05. The number of aromatic nitrogens is 2. The van der Waals surface area contributed by atoms with Crippen LogP contribution in [0.25, 0.3) is 0 Å². The van der Waals surface area contributed by atoms with Crippen LogP contribution in [-0.4, -0.2) is 30.1 Å². The van der Waals surface area contributed by atoms with E-state index in [1.165, 1.54) is 18.2 Å². The fourth-order valence-electron chi connectivity index (χ4n) is 2.76. The predicted molar refractivity (Wildman–Crippen MR) is 85.4 cm³/mol. The van der Waals surface area contributed by atoms with Crippen LogP contribution >= 0.6 is 11.8 Å². The van der Waals surface area contributed by atoms with Crippen molar-refractivity contribution in [2.24, 2.45) is 5.92 Å². The van der Waals surface area contributed by atoms with Crippen LogP contribution in [0.4, 0.5) is 8.78 Å². The minimum absolute atomic E-state index is 0.0188. The molecule has 2 aromatic rings. The Balaban J connectivity index is 1.66. The summed E-state index contributed by atoms with van der Waals surface area (Å²) in [5.41, 5.74) is -0.0378. The molecule has 1 aromatic carbocycles. The van der Waals surface area contributed by atoms with Crippen LogP contribution in [0.1, 0.15) is 30.0 Å². The molecule has 5 nitrogen and oxygen atoms in total. The van der Waals surface area contributed by atoms with E-state index in [1.807, 2.05) is 0 Å². The lowest BCUT2D eigenvalue weighted by Crippen LogP contribution is -2.07. The summed E-state index contributed by atoms with van der Waals surface area (Å²) in [5, 5.41) is 7.44. The number of hydrogen-bond donors (Lipinski definition) is 0. The third-order valence-corrected chi connectivity index (χ3v) is 6.72. The maximum absolute atomic E-state index is 13.8. The van der Waals surface area contributed by atoms with Crippen molar-refractivity contribution in [2.75, 3.05) is 11.5 Å². The maximum Gasteiger partial charge on any atom is 0.277 e. The highest BCUT2D eigenvalue weighted by Crippen LogP contribution is 2.36. The fraction of sp³-hybridized carbons (Fsp3) is 0.467. The molecule has 3 rings (SSSR count). The Morgan fingerprint density at radius 2 is 2.04 bits per heavy atom. The van der Waals surface area contributed by atoms with Gasteiger partial charge in [-0.25, -0.2) is 17.2 Å². The minimum Gasteiger partial charge on any atom is -0.416 e. The van der Waals surface area contributed by atoms with Gasteiger partial charge in [0.25, 0.3) is 5.22 Å². The van der Waals surface area contributed by atoms with E-state index in [1.54, 1.807) is 6.92 Å². The van der Waals surface area contributed by atoms with E-state index in [2.05, 4.69) is 10.2 Å². The van der Waals surface area contributed by atoms with Crippen LogP contribution in [0.5, 0.6) is 0 Å². The summed E-state index contributed by atoms with van der Waals surface area (Å²) in [5.74, 6) is -0.585. The summed E-state index contributed by atoms with van der Waals surface area (Å²) in [6, 6.07) is 3.72. The van der Waals surface area contributed by atoms with Crippen LogP contribution in [0, 0.1) is 17.6 Å². The number of sulfone groups is 1.